The SMILES string of the molecule is COc1ccc2c(c1)c1ccncc1n2C(=O)c1cccc2ccccc12. The number of hydrogen-bond donors (Lipinski definition) is 0. The van der Waals surface area contributed by atoms with Gasteiger partial charge >= 0.3 is 0 Å². The second kappa shape index (κ2) is 5.95. The zero-order valence-corrected chi connectivity index (χ0v) is 14.7. The fourth-order valence-electron chi connectivity index (χ4n) is 3.73. The molecule has 27 heavy (non-hydrogen) atoms. The first-order valence-electron chi connectivity index (χ1n) is 8.72. The Morgan fingerprint density at radius 3 is 2.63 bits per heavy atom. The highest BCUT2D eigenvalue weighted by atomic mass is 16.5. The molecule has 3 aromatic carbocycles. The predicted molar refractivity (Wildman–Crippen MR) is 107 cm³/mol. The average Bonchev–Trinajstić information content (AvgIpc) is 3.06. The van der Waals surface area contributed by atoms with E-state index in [0.717, 1.165) is 38.3 Å². The lowest BCUT2D eigenvalue weighted by Crippen LogP contribution is -2.12. The molecule has 0 N–H and O–H groups in total. The molecule has 0 saturated heterocycles. The second-order valence-electron chi connectivity index (χ2n) is 6.44. The van der Waals surface area contributed by atoms with Gasteiger partial charge in [0.15, 0.2) is 0 Å². The molecule has 0 radical (unpaired) electrons. The Bertz CT molecular complexity index is 1330. The van der Waals surface area contributed by atoms with Crippen LogP contribution in [0.4, 0.5) is 0 Å². The number of ether oxygens (including phenoxy) is 1. The minimum Gasteiger partial charge on any atom is -0.497 e. The third-order valence-corrected chi connectivity index (χ3v) is 5.00. The fraction of sp³-hybridized carbons (Fsp3) is 0.0435. The molecule has 2 heterocycles. The van der Waals surface area contributed by atoms with Gasteiger partial charge in [0.25, 0.3) is 5.91 Å². The van der Waals surface area contributed by atoms with Gasteiger partial charge in [-0.2, -0.15) is 0 Å². The Hall–Kier alpha value is -3.66. The molecule has 0 amide bonds. The Kier molecular flexibility index (Phi) is 3.44. The van der Waals surface area contributed by atoms with E-state index in [1.807, 2.05) is 66.7 Å². The van der Waals surface area contributed by atoms with Crippen molar-refractivity contribution in [2.24, 2.45) is 0 Å². The fourth-order valence-corrected chi connectivity index (χ4v) is 3.73. The topological polar surface area (TPSA) is 44.1 Å². The average molecular weight is 352 g/mol. The standard InChI is InChI=1S/C23H16N2O2/c1-27-16-9-10-21-20(13-16)18-11-12-24-14-22(18)25(21)23(26)19-8-4-6-15-5-2-3-7-17(15)19/h2-14H,1H3. The van der Waals surface area contributed by atoms with E-state index < -0.39 is 0 Å². The number of carbonyl (C=O) groups is 1. The van der Waals surface area contributed by atoms with Gasteiger partial charge in [0.2, 0.25) is 0 Å². The van der Waals surface area contributed by atoms with Crippen LogP contribution in [-0.2, 0) is 0 Å². The summed E-state index contributed by atoms with van der Waals surface area (Å²) in [6.45, 7) is 0. The van der Waals surface area contributed by atoms with Crippen molar-refractivity contribution in [2.75, 3.05) is 7.11 Å². The molecule has 0 aliphatic heterocycles. The van der Waals surface area contributed by atoms with Crippen LogP contribution in [0.3, 0.4) is 0 Å². The number of carbonyl (C=O) groups excluding carboxylic acids is 1. The van der Waals surface area contributed by atoms with Crippen LogP contribution in [0.25, 0.3) is 32.6 Å². The van der Waals surface area contributed by atoms with Crippen molar-refractivity contribution in [3.05, 3.63) is 84.7 Å². The highest BCUT2D eigenvalue weighted by Gasteiger charge is 2.19. The third-order valence-electron chi connectivity index (χ3n) is 5.00. The number of aromatic nitrogens is 2. The summed E-state index contributed by atoms with van der Waals surface area (Å²) in [6, 6.07) is 21.5. The van der Waals surface area contributed by atoms with Crippen molar-refractivity contribution in [3.63, 3.8) is 0 Å². The highest BCUT2D eigenvalue weighted by Crippen LogP contribution is 2.32. The van der Waals surface area contributed by atoms with E-state index in [4.69, 9.17) is 4.74 Å². The molecule has 4 heteroatoms. The number of hydrogen-bond acceptors (Lipinski definition) is 3. The third kappa shape index (κ3) is 2.30. The summed E-state index contributed by atoms with van der Waals surface area (Å²) in [6.07, 6.45) is 3.48. The van der Waals surface area contributed by atoms with Crippen molar-refractivity contribution in [1.29, 1.82) is 0 Å². The highest BCUT2D eigenvalue weighted by molar-refractivity contribution is 6.19. The Labute approximate surface area is 155 Å². The lowest BCUT2D eigenvalue weighted by atomic mass is 10.0. The van der Waals surface area contributed by atoms with Crippen LogP contribution >= 0.6 is 0 Å². The molecule has 0 fully saturated rings. The number of pyridine rings is 1. The first-order valence-corrected chi connectivity index (χ1v) is 8.72. The van der Waals surface area contributed by atoms with E-state index >= 15 is 0 Å². The molecule has 0 atom stereocenters. The van der Waals surface area contributed by atoms with E-state index in [0.29, 0.717) is 5.56 Å². The van der Waals surface area contributed by atoms with Crippen molar-refractivity contribution in [3.8, 4) is 5.75 Å². The van der Waals surface area contributed by atoms with Gasteiger partial charge in [-0.25, -0.2) is 0 Å². The van der Waals surface area contributed by atoms with Crippen molar-refractivity contribution < 1.29 is 9.53 Å². The predicted octanol–water partition coefficient (Wildman–Crippen LogP) is 5.04. The maximum Gasteiger partial charge on any atom is 0.263 e. The van der Waals surface area contributed by atoms with Gasteiger partial charge in [0.05, 0.1) is 24.3 Å². The van der Waals surface area contributed by atoms with Gasteiger partial charge in [-0.1, -0.05) is 36.4 Å². The van der Waals surface area contributed by atoms with Crippen LogP contribution in [0, 0.1) is 0 Å². The van der Waals surface area contributed by atoms with Gasteiger partial charge in [-0.05, 0) is 41.1 Å². The number of fused-ring (bicyclic) bond motifs is 4. The molecule has 0 aliphatic carbocycles. The monoisotopic (exact) mass is 352 g/mol. The summed E-state index contributed by atoms with van der Waals surface area (Å²) in [5.41, 5.74) is 2.31. The molecule has 4 nitrogen and oxygen atoms in total. The summed E-state index contributed by atoms with van der Waals surface area (Å²) >= 11 is 0. The molecule has 0 aliphatic rings. The molecular weight excluding hydrogens is 336 g/mol. The zero-order chi connectivity index (χ0) is 18.4. The van der Waals surface area contributed by atoms with Crippen LogP contribution < -0.4 is 4.74 Å². The van der Waals surface area contributed by atoms with Crippen molar-refractivity contribution in [2.45, 2.75) is 0 Å². The van der Waals surface area contributed by atoms with Crippen LogP contribution in [-0.4, -0.2) is 22.6 Å². The summed E-state index contributed by atoms with van der Waals surface area (Å²) in [5, 5.41) is 3.94. The lowest BCUT2D eigenvalue weighted by molar-refractivity contribution is 0.0971. The minimum absolute atomic E-state index is 0.0648. The van der Waals surface area contributed by atoms with Gasteiger partial charge in [-0.15, -0.1) is 0 Å². The van der Waals surface area contributed by atoms with Gasteiger partial charge in [0.1, 0.15) is 5.75 Å². The van der Waals surface area contributed by atoms with E-state index in [1.165, 1.54) is 0 Å². The summed E-state index contributed by atoms with van der Waals surface area (Å²) in [4.78, 5) is 17.9. The van der Waals surface area contributed by atoms with E-state index in [-0.39, 0.29) is 5.91 Å². The quantitative estimate of drug-likeness (QED) is 0.447. The molecular formula is C23H16N2O2. The lowest BCUT2D eigenvalue weighted by Gasteiger charge is -2.09. The maximum absolute atomic E-state index is 13.6. The number of rotatable bonds is 2. The van der Waals surface area contributed by atoms with Gasteiger partial charge in [0, 0.05) is 22.5 Å². The van der Waals surface area contributed by atoms with Crippen LogP contribution in [0.2, 0.25) is 0 Å². The van der Waals surface area contributed by atoms with Crippen LogP contribution in [0.1, 0.15) is 10.4 Å². The molecule has 0 spiro atoms. The zero-order valence-electron chi connectivity index (χ0n) is 14.7. The Morgan fingerprint density at radius 2 is 1.74 bits per heavy atom. The van der Waals surface area contributed by atoms with E-state index in [2.05, 4.69) is 4.98 Å². The molecule has 0 bridgehead atoms. The summed E-state index contributed by atoms with van der Waals surface area (Å²) in [7, 11) is 1.64. The second-order valence-corrected chi connectivity index (χ2v) is 6.44. The number of methoxy groups -OCH3 is 1. The molecule has 5 rings (SSSR count). The van der Waals surface area contributed by atoms with E-state index in [9.17, 15) is 4.79 Å². The normalized spacial score (nSPS) is 11.3. The number of nitrogens with zero attached hydrogens (tertiary/aromatic N) is 2. The Balaban J connectivity index is 1.85. The molecule has 0 unspecified atom stereocenters. The molecule has 5 aromatic rings. The first-order chi connectivity index (χ1) is 13.3. The van der Waals surface area contributed by atoms with Crippen molar-refractivity contribution >= 4 is 38.5 Å². The van der Waals surface area contributed by atoms with Gasteiger partial charge in [-0.3, -0.25) is 14.3 Å². The van der Waals surface area contributed by atoms with E-state index in [1.54, 1.807) is 24.1 Å². The minimum atomic E-state index is -0.0648. The van der Waals surface area contributed by atoms with Crippen LogP contribution in [0.5, 0.6) is 5.75 Å². The molecule has 130 valence electrons. The van der Waals surface area contributed by atoms with Crippen LogP contribution in [0.15, 0.2) is 79.1 Å². The Morgan fingerprint density at radius 1 is 0.889 bits per heavy atom. The molecule has 0 saturated carbocycles. The van der Waals surface area contributed by atoms with Gasteiger partial charge < -0.3 is 4.74 Å². The summed E-state index contributed by atoms with van der Waals surface area (Å²) < 4.78 is 7.12. The summed E-state index contributed by atoms with van der Waals surface area (Å²) in [5.74, 6) is 0.695. The maximum atomic E-state index is 13.6. The van der Waals surface area contributed by atoms with Crippen molar-refractivity contribution in [1.82, 2.24) is 9.55 Å². The number of benzene rings is 3. The first kappa shape index (κ1) is 15.6. The molecule has 2 aromatic heterocycles. The largest absolute Gasteiger partial charge is 0.497 e. The smallest absolute Gasteiger partial charge is 0.263 e.